The molecular formula is C13H11F2NS. The van der Waals surface area contributed by atoms with Crippen molar-refractivity contribution in [3.63, 3.8) is 0 Å². The molecule has 2 N–H and O–H groups in total. The van der Waals surface area contributed by atoms with Gasteiger partial charge in [-0.15, -0.1) is 11.8 Å². The van der Waals surface area contributed by atoms with Gasteiger partial charge in [0.15, 0.2) is 0 Å². The van der Waals surface area contributed by atoms with Gasteiger partial charge >= 0.3 is 0 Å². The van der Waals surface area contributed by atoms with Crippen LogP contribution in [0.4, 0.5) is 14.5 Å². The lowest BCUT2D eigenvalue weighted by atomic mass is 10.2. The molecule has 0 aliphatic heterocycles. The quantitative estimate of drug-likeness (QED) is 0.662. The summed E-state index contributed by atoms with van der Waals surface area (Å²) in [5.74, 6) is -0.229. The number of hydrogen-bond donors (Lipinski definition) is 1. The summed E-state index contributed by atoms with van der Waals surface area (Å²) in [5, 5.41) is 0. The maximum Gasteiger partial charge on any atom is 0.129 e. The topological polar surface area (TPSA) is 26.0 Å². The Kier molecular flexibility index (Phi) is 3.64. The molecule has 0 spiro atoms. The largest absolute Gasteiger partial charge is 0.398 e. The third-order valence-electron chi connectivity index (χ3n) is 2.33. The molecule has 0 amide bonds. The van der Waals surface area contributed by atoms with Gasteiger partial charge < -0.3 is 5.73 Å². The Hall–Kier alpha value is -1.55. The predicted octanol–water partition coefficient (Wildman–Crippen LogP) is 3.84. The Morgan fingerprint density at radius 1 is 1.06 bits per heavy atom. The second kappa shape index (κ2) is 5.19. The van der Waals surface area contributed by atoms with Crippen LogP contribution in [-0.2, 0) is 5.75 Å². The van der Waals surface area contributed by atoms with Crippen LogP contribution in [0, 0.1) is 11.6 Å². The molecule has 0 radical (unpaired) electrons. The lowest BCUT2D eigenvalue weighted by Gasteiger charge is -2.06. The normalized spacial score (nSPS) is 10.5. The molecule has 17 heavy (non-hydrogen) atoms. The Morgan fingerprint density at radius 3 is 2.53 bits per heavy atom. The average Bonchev–Trinajstić information content (AvgIpc) is 2.28. The van der Waals surface area contributed by atoms with Crippen LogP contribution in [-0.4, -0.2) is 0 Å². The molecule has 0 bridgehead atoms. The number of thioether (sulfide) groups is 1. The lowest BCUT2D eigenvalue weighted by molar-refractivity contribution is 0.618. The zero-order valence-corrected chi connectivity index (χ0v) is 9.81. The molecule has 0 saturated heterocycles. The first-order valence-electron chi connectivity index (χ1n) is 5.08. The Bertz CT molecular complexity index is 508. The van der Waals surface area contributed by atoms with Crippen molar-refractivity contribution in [2.24, 2.45) is 0 Å². The number of hydrogen-bond acceptors (Lipinski definition) is 2. The molecule has 2 aromatic carbocycles. The van der Waals surface area contributed by atoms with E-state index in [1.807, 2.05) is 0 Å². The van der Waals surface area contributed by atoms with Crippen LogP contribution in [0.1, 0.15) is 5.56 Å². The fourth-order valence-corrected chi connectivity index (χ4v) is 2.43. The Balaban J connectivity index is 2.13. The van der Waals surface area contributed by atoms with E-state index in [1.165, 1.54) is 30.0 Å². The van der Waals surface area contributed by atoms with Crippen molar-refractivity contribution in [2.75, 3.05) is 5.73 Å². The van der Waals surface area contributed by atoms with E-state index in [0.29, 0.717) is 17.0 Å². The second-order valence-corrected chi connectivity index (χ2v) is 4.60. The zero-order valence-electron chi connectivity index (χ0n) is 8.99. The molecule has 0 unspecified atom stereocenters. The monoisotopic (exact) mass is 251 g/mol. The van der Waals surface area contributed by atoms with Crippen LogP contribution in [0.5, 0.6) is 0 Å². The highest BCUT2D eigenvalue weighted by Gasteiger charge is 2.06. The molecular weight excluding hydrogens is 240 g/mol. The summed E-state index contributed by atoms with van der Waals surface area (Å²) >= 11 is 1.36. The minimum atomic E-state index is -0.325. The van der Waals surface area contributed by atoms with Gasteiger partial charge in [0.05, 0.1) is 0 Å². The van der Waals surface area contributed by atoms with E-state index in [1.54, 1.807) is 24.3 Å². The minimum absolute atomic E-state index is 0.295. The van der Waals surface area contributed by atoms with E-state index in [2.05, 4.69) is 0 Å². The molecule has 2 aromatic rings. The van der Waals surface area contributed by atoms with Crippen molar-refractivity contribution in [1.82, 2.24) is 0 Å². The summed E-state index contributed by atoms with van der Waals surface area (Å²) in [6.07, 6.45) is 0. The first kappa shape index (κ1) is 11.9. The summed E-state index contributed by atoms with van der Waals surface area (Å²) in [6, 6.07) is 10.8. The Labute approximate surface area is 103 Å². The Morgan fingerprint density at radius 2 is 1.82 bits per heavy atom. The van der Waals surface area contributed by atoms with E-state index in [4.69, 9.17) is 5.73 Å². The first-order chi connectivity index (χ1) is 8.16. The van der Waals surface area contributed by atoms with Gasteiger partial charge in [-0.2, -0.15) is 0 Å². The maximum atomic E-state index is 13.5. The number of nitrogen functional groups attached to an aromatic ring is 1. The van der Waals surface area contributed by atoms with Crippen molar-refractivity contribution in [1.29, 1.82) is 0 Å². The van der Waals surface area contributed by atoms with Crippen molar-refractivity contribution in [2.45, 2.75) is 10.6 Å². The van der Waals surface area contributed by atoms with Gasteiger partial charge in [-0.25, -0.2) is 8.78 Å². The molecule has 0 heterocycles. The molecule has 0 aromatic heterocycles. The van der Waals surface area contributed by atoms with Gasteiger partial charge in [0.2, 0.25) is 0 Å². The minimum Gasteiger partial charge on any atom is -0.398 e. The molecule has 0 atom stereocenters. The van der Waals surface area contributed by atoms with Crippen molar-refractivity contribution in [3.8, 4) is 0 Å². The summed E-state index contributed by atoms with van der Waals surface area (Å²) in [6.45, 7) is 0. The zero-order chi connectivity index (χ0) is 12.3. The van der Waals surface area contributed by atoms with Gasteiger partial charge in [-0.3, -0.25) is 0 Å². The van der Waals surface area contributed by atoms with Crippen LogP contribution in [0.25, 0.3) is 0 Å². The standard InChI is InChI=1S/C13H11F2NS/c14-9-3-1-4-10(7-9)17-8-11-12(15)5-2-6-13(11)16/h1-7H,8,16H2. The second-order valence-electron chi connectivity index (χ2n) is 3.55. The molecule has 0 fully saturated rings. The van der Waals surface area contributed by atoms with Crippen LogP contribution < -0.4 is 5.73 Å². The van der Waals surface area contributed by atoms with Crippen LogP contribution >= 0.6 is 11.8 Å². The van der Waals surface area contributed by atoms with Crippen LogP contribution in [0.2, 0.25) is 0 Å². The predicted molar refractivity (Wildman–Crippen MR) is 66.8 cm³/mol. The van der Waals surface area contributed by atoms with Crippen molar-refractivity contribution in [3.05, 3.63) is 59.7 Å². The van der Waals surface area contributed by atoms with E-state index in [-0.39, 0.29) is 11.6 Å². The first-order valence-corrected chi connectivity index (χ1v) is 6.06. The average molecular weight is 251 g/mol. The third-order valence-corrected chi connectivity index (χ3v) is 3.35. The van der Waals surface area contributed by atoms with E-state index in [0.717, 1.165) is 4.90 Å². The molecule has 2 rings (SSSR count). The number of nitrogens with two attached hydrogens (primary N) is 1. The number of anilines is 1. The van der Waals surface area contributed by atoms with Gasteiger partial charge in [-0.05, 0) is 30.3 Å². The fourth-order valence-electron chi connectivity index (χ4n) is 1.44. The lowest BCUT2D eigenvalue weighted by Crippen LogP contribution is -1.96. The molecule has 88 valence electrons. The highest BCUT2D eigenvalue weighted by molar-refractivity contribution is 7.98. The summed E-state index contributed by atoms with van der Waals surface area (Å²) in [4.78, 5) is 0.757. The highest BCUT2D eigenvalue weighted by atomic mass is 32.2. The number of halogens is 2. The van der Waals surface area contributed by atoms with Crippen LogP contribution in [0.3, 0.4) is 0 Å². The molecule has 0 aliphatic rings. The van der Waals surface area contributed by atoms with Gasteiger partial charge in [-0.1, -0.05) is 12.1 Å². The highest BCUT2D eigenvalue weighted by Crippen LogP contribution is 2.27. The molecule has 0 saturated carbocycles. The number of benzene rings is 2. The van der Waals surface area contributed by atoms with Gasteiger partial charge in [0.1, 0.15) is 11.6 Å². The van der Waals surface area contributed by atoms with Crippen LogP contribution in [0.15, 0.2) is 47.4 Å². The van der Waals surface area contributed by atoms with Crippen molar-refractivity contribution >= 4 is 17.4 Å². The third kappa shape index (κ3) is 2.97. The summed E-state index contributed by atoms with van der Waals surface area (Å²) < 4.78 is 26.4. The van der Waals surface area contributed by atoms with E-state index < -0.39 is 0 Å². The maximum absolute atomic E-state index is 13.5. The number of rotatable bonds is 3. The van der Waals surface area contributed by atoms with Gasteiger partial charge in [0, 0.05) is 21.9 Å². The van der Waals surface area contributed by atoms with E-state index in [9.17, 15) is 8.78 Å². The molecule has 0 aliphatic carbocycles. The smallest absolute Gasteiger partial charge is 0.129 e. The SMILES string of the molecule is Nc1cccc(F)c1CSc1cccc(F)c1. The van der Waals surface area contributed by atoms with E-state index >= 15 is 0 Å². The summed E-state index contributed by atoms with van der Waals surface area (Å²) in [5.41, 5.74) is 6.57. The van der Waals surface area contributed by atoms with Gasteiger partial charge in [0.25, 0.3) is 0 Å². The molecule has 4 heteroatoms. The molecule has 1 nitrogen and oxygen atoms in total. The van der Waals surface area contributed by atoms with Crippen molar-refractivity contribution < 1.29 is 8.78 Å². The fraction of sp³-hybridized carbons (Fsp3) is 0.0769. The summed E-state index contributed by atoms with van der Waals surface area (Å²) in [7, 11) is 0.